The molecule has 21 nitrogen and oxygen atoms in total. The first kappa shape index (κ1) is 45.5. The minimum atomic E-state index is -5.05. The summed E-state index contributed by atoms with van der Waals surface area (Å²) in [7, 11) is -14.7. The molecule has 4 aliphatic rings. The molecule has 0 fully saturated rings. The molecule has 0 saturated carbocycles. The van der Waals surface area contributed by atoms with E-state index in [4.69, 9.17) is 57.8 Å². The number of aromatic hydroxyl groups is 4. The second-order valence-corrected chi connectivity index (χ2v) is 17.4. The van der Waals surface area contributed by atoms with Crippen LogP contribution in [0.25, 0.3) is 0 Å². The molecule has 6 aromatic rings. The highest BCUT2D eigenvalue weighted by molar-refractivity contribution is 7.60. The van der Waals surface area contributed by atoms with Crippen LogP contribution in [0, 0.1) is 0 Å². The van der Waals surface area contributed by atoms with Crippen molar-refractivity contribution in [1.82, 2.24) is 0 Å². The van der Waals surface area contributed by atoms with Crippen molar-refractivity contribution in [3.05, 3.63) is 166 Å². The molecule has 0 saturated heterocycles. The van der Waals surface area contributed by atoms with Crippen LogP contribution in [0.1, 0.15) is 54.1 Å². The number of benzene rings is 6. The Morgan fingerprint density at radius 3 is 0.922 bits per heavy atom. The van der Waals surface area contributed by atoms with Gasteiger partial charge in [0.15, 0.2) is 11.2 Å². The first-order valence-corrected chi connectivity index (χ1v) is 22.5. The van der Waals surface area contributed by atoms with Gasteiger partial charge in [0, 0.05) is 57.6 Å². The Morgan fingerprint density at radius 2 is 0.672 bits per heavy atom. The molecule has 10 rings (SSSR count). The number of esters is 2. The van der Waals surface area contributed by atoms with Crippen LogP contribution in [0.4, 0.5) is 0 Å². The van der Waals surface area contributed by atoms with Gasteiger partial charge in [0.1, 0.15) is 46.0 Å². The van der Waals surface area contributed by atoms with Crippen molar-refractivity contribution >= 4 is 35.4 Å². The zero-order valence-electron chi connectivity index (χ0n) is 31.9. The van der Waals surface area contributed by atoms with E-state index in [0.717, 1.165) is 0 Å². The molecular weight excluding hydrogens is 909 g/mol. The molecule has 0 atom stereocenters. The van der Waals surface area contributed by atoms with Gasteiger partial charge in [-0.05, 0) is 60.7 Å². The maximum Gasteiger partial charge on any atom is 0.478 e. The van der Waals surface area contributed by atoms with Crippen LogP contribution in [-0.4, -0.2) is 66.6 Å². The maximum atomic E-state index is 12.5. The zero-order valence-corrected chi connectivity index (χ0v) is 34.6. The summed E-state index contributed by atoms with van der Waals surface area (Å²) in [6, 6.07) is 33.2. The van der Waals surface area contributed by atoms with Crippen LogP contribution in [0.3, 0.4) is 0 Å². The van der Waals surface area contributed by atoms with E-state index < -0.39 is 46.6 Å². The third-order valence-electron chi connectivity index (χ3n) is 9.57. The third kappa shape index (κ3) is 8.95. The molecule has 332 valence electrons. The standard InChI is InChI=1S/2C20H12O5.H4O7P2.H3O4P/c2*21-11-5-7-15-17(9-11)24-18-10-12(22)6-8-16(18)20(15)14-4-2-1-3-13(14)19(23)25-20;1-8(2,3)7-9(4,5)6;1-5(2,3)4/h2*1-10,21-22H;(H2,1,2,3)(H2,4,5,6);(H3,1,2,3,4). The lowest BCUT2D eigenvalue weighted by Crippen LogP contribution is -2.32. The molecule has 2 spiro atoms. The van der Waals surface area contributed by atoms with Crippen LogP contribution >= 0.6 is 23.5 Å². The summed E-state index contributed by atoms with van der Waals surface area (Å²) in [4.78, 5) is 77.6. The Labute approximate surface area is 358 Å². The number of phenols is 4. The lowest BCUT2D eigenvalue weighted by Gasteiger charge is -2.36. The summed E-state index contributed by atoms with van der Waals surface area (Å²) in [6.07, 6.45) is 0. The number of phosphoric acid groups is 3. The van der Waals surface area contributed by atoms with Crippen LogP contribution in [0.2, 0.25) is 0 Å². The normalized spacial score (nSPS) is 15.2. The zero-order chi connectivity index (χ0) is 46.6. The van der Waals surface area contributed by atoms with E-state index in [9.17, 15) is 39.1 Å². The Kier molecular flexibility index (Phi) is 11.7. The van der Waals surface area contributed by atoms with E-state index >= 15 is 0 Å². The number of phenolic OH excluding ortho intramolecular Hbond substituents is 4. The minimum Gasteiger partial charge on any atom is -0.508 e. The highest BCUT2D eigenvalue weighted by atomic mass is 31.3. The van der Waals surface area contributed by atoms with Crippen molar-refractivity contribution < 1.29 is 101 Å². The molecule has 11 N–H and O–H groups in total. The van der Waals surface area contributed by atoms with E-state index in [2.05, 4.69) is 4.31 Å². The Morgan fingerprint density at radius 1 is 0.406 bits per heavy atom. The van der Waals surface area contributed by atoms with Gasteiger partial charge < -0.3 is 73.6 Å². The van der Waals surface area contributed by atoms with Gasteiger partial charge in [0.05, 0.1) is 11.1 Å². The number of hydrogen-bond acceptors (Lipinski definition) is 14. The number of rotatable bonds is 2. The van der Waals surface area contributed by atoms with Gasteiger partial charge in [-0.1, -0.05) is 36.4 Å². The topological polar surface area (TPSA) is 354 Å². The summed E-state index contributed by atoms with van der Waals surface area (Å²) in [5, 5.41) is 39.3. The monoisotopic (exact) mass is 940 g/mol. The predicted molar refractivity (Wildman–Crippen MR) is 215 cm³/mol. The van der Waals surface area contributed by atoms with E-state index in [1.807, 2.05) is 24.3 Å². The molecule has 0 aromatic heterocycles. The lowest BCUT2D eigenvalue weighted by molar-refractivity contribution is 0.0214. The van der Waals surface area contributed by atoms with Crippen molar-refractivity contribution in [2.45, 2.75) is 11.2 Å². The summed E-state index contributed by atoms with van der Waals surface area (Å²) in [5.41, 5.74) is 2.57. The highest BCUT2D eigenvalue weighted by Gasteiger charge is 2.55. The van der Waals surface area contributed by atoms with Crippen LogP contribution in [-0.2, 0) is 38.7 Å². The fourth-order valence-corrected chi connectivity index (χ4v) is 8.55. The van der Waals surface area contributed by atoms with E-state index in [0.29, 0.717) is 67.5 Å². The van der Waals surface area contributed by atoms with Gasteiger partial charge >= 0.3 is 35.4 Å². The molecular formula is C40H31O21P3. The molecule has 4 heterocycles. The first-order chi connectivity index (χ1) is 29.9. The summed E-state index contributed by atoms with van der Waals surface area (Å²) in [6.45, 7) is 0. The van der Waals surface area contributed by atoms with Gasteiger partial charge in [0.25, 0.3) is 0 Å². The quantitative estimate of drug-likeness (QED) is 0.0744. The molecule has 0 bridgehead atoms. The van der Waals surface area contributed by atoms with E-state index in [-0.39, 0.29) is 23.0 Å². The Hall–Kier alpha value is -6.57. The molecule has 0 aliphatic carbocycles. The average Bonchev–Trinajstić information content (AvgIpc) is 3.64. The molecule has 0 radical (unpaired) electrons. The van der Waals surface area contributed by atoms with Gasteiger partial charge in [-0.3, -0.25) is 0 Å². The Balaban J connectivity index is 0.000000149. The number of carbonyl (C=O) groups excluding carboxylic acids is 2. The fraction of sp³-hybridized carbons (Fsp3) is 0.0500. The summed E-state index contributed by atoms with van der Waals surface area (Å²) < 4.78 is 54.6. The SMILES string of the molecule is O=C1OC2(c3ccc(O)cc3Oc3cc(O)ccc32)c2ccccc21.O=C1OC2(c3ccc(O)cc3Oc3cc(O)ccc32)c2ccccc21.O=P(O)(O)O.O=P(O)(O)OP(=O)(O)O. The van der Waals surface area contributed by atoms with Gasteiger partial charge in [-0.15, -0.1) is 0 Å². The lowest BCUT2D eigenvalue weighted by atomic mass is 9.77. The third-order valence-corrected chi connectivity index (χ3v) is 11.3. The number of fused-ring (bicyclic) bond motifs is 12. The van der Waals surface area contributed by atoms with Crippen molar-refractivity contribution in [3.8, 4) is 46.0 Å². The molecule has 0 amide bonds. The number of carbonyl (C=O) groups is 2. The second-order valence-electron chi connectivity index (χ2n) is 13.7. The number of hydrogen-bond donors (Lipinski definition) is 11. The largest absolute Gasteiger partial charge is 0.508 e. The van der Waals surface area contributed by atoms with Crippen LogP contribution in [0.15, 0.2) is 121 Å². The van der Waals surface area contributed by atoms with Gasteiger partial charge in [-0.25, -0.2) is 23.3 Å². The Bertz CT molecular complexity index is 2710. The minimum absolute atomic E-state index is 0.0371. The second kappa shape index (κ2) is 16.5. The van der Waals surface area contributed by atoms with E-state index in [1.54, 1.807) is 48.5 Å². The van der Waals surface area contributed by atoms with Gasteiger partial charge in [-0.2, -0.15) is 4.31 Å². The maximum absolute atomic E-state index is 12.5. The fourth-order valence-electron chi connectivity index (χ4n) is 7.45. The van der Waals surface area contributed by atoms with E-state index in [1.165, 1.54) is 48.5 Å². The summed E-state index contributed by atoms with van der Waals surface area (Å²) in [5.74, 6) is 0.817. The van der Waals surface area contributed by atoms with Crippen molar-refractivity contribution in [2.75, 3.05) is 0 Å². The molecule has 64 heavy (non-hydrogen) atoms. The smallest absolute Gasteiger partial charge is 0.478 e. The highest BCUT2D eigenvalue weighted by Crippen LogP contribution is 2.59. The van der Waals surface area contributed by atoms with Gasteiger partial charge in [0.2, 0.25) is 0 Å². The van der Waals surface area contributed by atoms with Crippen molar-refractivity contribution in [3.63, 3.8) is 0 Å². The first-order valence-electron chi connectivity index (χ1n) is 17.9. The molecule has 6 aromatic carbocycles. The molecule has 0 unspecified atom stereocenters. The van der Waals surface area contributed by atoms with Crippen molar-refractivity contribution in [1.29, 1.82) is 0 Å². The van der Waals surface area contributed by atoms with Crippen molar-refractivity contribution in [2.24, 2.45) is 0 Å². The molecule has 24 heteroatoms. The average molecular weight is 941 g/mol. The summed E-state index contributed by atoms with van der Waals surface area (Å²) >= 11 is 0. The predicted octanol–water partition coefficient (Wildman–Crippen LogP) is 5.59. The van der Waals surface area contributed by atoms with Crippen LogP contribution in [0.5, 0.6) is 46.0 Å². The van der Waals surface area contributed by atoms with Crippen LogP contribution < -0.4 is 9.47 Å². The molecule has 4 aliphatic heterocycles. The number of ether oxygens (including phenoxy) is 4.